The van der Waals surface area contributed by atoms with Crippen molar-refractivity contribution in [3.8, 4) is 0 Å². The Labute approximate surface area is 199 Å². The molecule has 0 radical (unpaired) electrons. The number of furan rings is 1. The molecule has 4 aromatic rings. The van der Waals surface area contributed by atoms with E-state index in [2.05, 4.69) is 10.3 Å². The van der Waals surface area contributed by atoms with E-state index in [1.54, 1.807) is 29.3 Å². The van der Waals surface area contributed by atoms with Crippen molar-refractivity contribution in [1.29, 1.82) is 0 Å². The molecule has 32 heavy (non-hydrogen) atoms. The average Bonchev–Trinajstić information content (AvgIpc) is 3.40. The summed E-state index contributed by atoms with van der Waals surface area (Å²) in [5.41, 5.74) is 1.18. The number of hydrogen-bond acceptors (Lipinski definition) is 4. The maximum absolute atomic E-state index is 14.8. The minimum absolute atomic E-state index is 0.303. The molecule has 0 spiro atoms. The Balaban J connectivity index is 1.54. The summed E-state index contributed by atoms with van der Waals surface area (Å²) in [6, 6.07) is 22.9. The summed E-state index contributed by atoms with van der Waals surface area (Å²) in [6.45, 7) is 0. The van der Waals surface area contributed by atoms with Gasteiger partial charge in [-0.05, 0) is 72.9 Å². The first-order valence-electron chi connectivity index (χ1n) is 9.88. The molecule has 4 nitrogen and oxygen atoms in total. The predicted molar refractivity (Wildman–Crippen MR) is 129 cm³/mol. The van der Waals surface area contributed by atoms with Gasteiger partial charge in [-0.25, -0.2) is 4.39 Å². The van der Waals surface area contributed by atoms with E-state index < -0.39 is 6.04 Å². The van der Waals surface area contributed by atoms with Crippen LogP contribution in [0.15, 0.2) is 99.5 Å². The Hall–Kier alpha value is -2.87. The van der Waals surface area contributed by atoms with Crippen LogP contribution in [0.1, 0.15) is 23.5 Å². The third kappa shape index (κ3) is 4.11. The molecule has 0 aliphatic carbocycles. The number of nitrogens with zero attached hydrogens (tertiary/aromatic N) is 2. The molecule has 0 saturated carbocycles. The van der Waals surface area contributed by atoms with E-state index in [0.29, 0.717) is 26.7 Å². The van der Waals surface area contributed by atoms with Crippen LogP contribution in [0, 0.1) is 5.82 Å². The highest BCUT2D eigenvalue weighted by Crippen LogP contribution is 2.44. The lowest BCUT2D eigenvalue weighted by Gasteiger charge is -2.26. The number of benzene rings is 2. The Morgan fingerprint density at radius 3 is 2.53 bits per heavy atom. The average molecular weight is 482 g/mol. The standard InChI is InChI=1S/C24H17ClFN3OS2/c25-15-8-10-16(11-9-15)32-21-13-12-20(30-21)23-22(18-6-3-4-14-27-18)28-24(31)29(23)19-7-2-1-5-17(19)26/h1-14,22-23H,(H,28,31)/t22-,23+/m1/s1. The highest BCUT2D eigenvalue weighted by atomic mass is 35.5. The zero-order chi connectivity index (χ0) is 22.1. The summed E-state index contributed by atoms with van der Waals surface area (Å²) in [4.78, 5) is 7.27. The first-order chi connectivity index (χ1) is 15.6. The van der Waals surface area contributed by atoms with Gasteiger partial charge in [0.25, 0.3) is 0 Å². The number of halogens is 2. The molecular formula is C24H17ClFN3OS2. The first kappa shape index (κ1) is 21.0. The highest BCUT2D eigenvalue weighted by molar-refractivity contribution is 7.99. The van der Waals surface area contributed by atoms with Gasteiger partial charge in [-0.2, -0.15) is 0 Å². The molecule has 3 heterocycles. The molecule has 1 N–H and O–H groups in total. The van der Waals surface area contributed by atoms with Gasteiger partial charge in [-0.15, -0.1) is 0 Å². The van der Waals surface area contributed by atoms with Crippen LogP contribution in [-0.4, -0.2) is 10.1 Å². The van der Waals surface area contributed by atoms with Crippen molar-refractivity contribution in [3.63, 3.8) is 0 Å². The van der Waals surface area contributed by atoms with Gasteiger partial charge >= 0.3 is 0 Å². The fourth-order valence-corrected chi connectivity index (χ4v) is 4.96. The fraction of sp³-hybridized carbons (Fsp3) is 0.0833. The highest BCUT2D eigenvalue weighted by Gasteiger charge is 2.43. The molecule has 8 heteroatoms. The molecule has 1 aliphatic heterocycles. The van der Waals surface area contributed by atoms with Gasteiger partial charge in [-0.1, -0.05) is 41.6 Å². The maximum atomic E-state index is 14.8. The normalized spacial score (nSPS) is 18.1. The molecule has 0 unspecified atom stereocenters. The van der Waals surface area contributed by atoms with Crippen molar-refractivity contribution >= 4 is 46.4 Å². The van der Waals surface area contributed by atoms with E-state index in [1.165, 1.54) is 17.8 Å². The Bertz CT molecular complexity index is 1250. The molecule has 1 fully saturated rings. The lowest BCUT2D eigenvalue weighted by molar-refractivity contribution is 0.382. The van der Waals surface area contributed by atoms with E-state index in [0.717, 1.165) is 10.6 Å². The fourth-order valence-electron chi connectivity index (χ4n) is 3.72. The monoisotopic (exact) mass is 481 g/mol. The largest absolute Gasteiger partial charge is 0.452 e. The summed E-state index contributed by atoms with van der Waals surface area (Å²) in [5, 5.41) is 5.12. The van der Waals surface area contributed by atoms with Crippen LogP contribution >= 0.6 is 35.6 Å². The molecule has 5 rings (SSSR count). The number of para-hydroxylation sites is 1. The van der Waals surface area contributed by atoms with Crippen molar-refractivity contribution in [1.82, 2.24) is 10.3 Å². The Morgan fingerprint density at radius 2 is 1.78 bits per heavy atom. The molecule has 1 aliphatic rings. The Morgan fingerprint density at radius 1 is 1.00 bits per heavy atom. The molecule has 0 amide bonds. The summed E-state index contributed by atoms with van der Waals surface area (Å²) >= 11 is 13.1. The van der Waals surface area contributed by atoms with Crippen molar-refractivity contribution in [2.24, 2.45) is 0 Å². The van der Waals surface area contributed by atoms with E-state index >= 15 is 0 Å². The Kier molecular flexibility index (Phi) is 5.87. The number of rotatable bonds is 5. The summed E-state index contributed by atoms with van der Waals surface area (Å²) in [6.07, 6.45) is 1.73. The van der Waals surface area contributed by atoms with Gasteiger partial charge in [0.15, 0.2) is 10.2 Å². The van der Waals surface area contributed by atoms with Crippen molar-refractivity contribution in [2.75, 3.05) is 4.90 Å². The second-order valence-corrected chi connectivity index (χ2v) is 9.06. The molecule has 2 aromatic heterocycles. The van der Waals surface area contributed by atoms with Crippen LogP contribution in [-0.2, 0) is 0 Å². The van der Waals surface area contributed by atoms with Crippen LogP contribution in [0.4, 0.5) is 10.1 Å². The smallest absolute Gasteiger partial charge is 0.174 e. The van der Waals surface area contributed by atoms with E-state index in [-0.39, 0.29) is 11.9 Å². The predicted octanol–water partition coefficient (Wildman–Crippen LogP) is 6.80. The molecule has 1 saturated heterocycles. The molecular weight excluding hydrogens is 465 g/mol. The minimum atomic E-state index is -0.408. The van der Waals surface area contributed by atoms with E-state index in [9.17, 15) is 4.39 Å². The lowest BCUT2D eigenvalue weighted by Crippen LogP contribution is -2.30. The quantitative estimate of drug-likeness (QED) is 0.316. The summed E-state index contributed by atoms with van der Waals surface area (Å²) in [7, 11) is 0. The van der Waals surface area contributed by atoms with Gasteiger partial charge in [0.1, 0.15) is 17.6 Å². The topological polar surface area (TPSA) is 41.3 Å². The second-order valence-electron chi connectivity index (χ2n) is 7.16. The van der Waals surface area contributed by atoms with Gasteiger partial charge in [0.2, 0.25) is 0 Å². The number of aromatic nitrogens is 1. The lowest BCUT2D eigenvalue weighted by atomic mass is 10.0. The number of hydrogen-bond donors (Lipinski definition) is 1. The van der Waals surface area contributed by atoms with Gasteiger partial charge in [0.05, 0.1) is 17.4 Å². The second kappa shape index (κ2) is 8.94. The van der Waals surface area contributed by atoms with Crippen molar-refractivity contribution in [2.45, 2.75) is 22.1 Å². The van der Waals surface area contributed by atoms with Crippen LogP contribution in [0.25, 0.3) is 0 Å². The zero-order valence-electron chi connectivity index (χ0n) is 16.6. The van der Waals surface area contributed by atoms with Crippen molar-refractivity contribution < 1.29 is 8.81 Å². The van der Waals surface area contributed by atoms with Crippen LogP contribution in [0.3, 0.4) is 0 Å². The molecule has 0 bridgehead atoms. The van der Waals surface area contributed by atoms with Crippen LogP contribution < -0.4 is 10.2 Å². The van der Waals surface area contributed by atoms with Gasteiger partial charge in [-0.3, -0.25) is 4.98 Å². The third-order valence-electron chi connectivity index (χ3n) is 5.14. The van der Waals surface area contributed by atoms with Crippen LogP contribution in [0.5, 0.6) is 0 Å². The SMILES string of the molecule is Fc1ccccc1N1C(=S)N[C@H](c2ccccn2)[C@@H]1c1ccc(Sc2ccc(Cl)cc2)o1. The van der Waals surface area contributed by atoms with Crippen LogP contribution in [0.2, 0.25) is 5.02 Å². The van der Waals surface area contributed by atoms with Crippen molar-refractivity contribution in [3.05, 3.63) is 107 Å². The molecule has 160 valence electrons. The summed E-state index contributed by atoms with van der Waals surface area (Å²) < 4.78 is 21.0. The minimum Gasteiger partial charge on any atom is -0.452 e. The van der Waals surface area contributed by atoms with Gasteiger partial charge < -0.3 is 14.6 Å². The third-order valence-corrected chi connectivity index (χ3v) is 6.63. The zero-order valence-corrected chi connectivity index (χ0v) is 19.0. The maximum Gasteiger partial charge on any atom is 0.174 e. The van der Waals surface area contributed by atoms with Gasteiger partial charge in [0, 0.05) is 16.1 Å². The number of anilines is 1. The van der Waals surface area contributed by atoms with E-state index in [1.807, 2.05) is 54.6 Å². The summed E-state index contributed by atoms with van der Waals surface area (Å²) in [5.74, 6) is 0.304. The first-order valence-corrected chi connectivity index (χ1v) is 11.5. The molecule has 2 atom stereocenters. The molecule has 2 aromatic carbocycles. The number of thiocarbonyl (C=S) groups is 1. The van der Waals surface area contributed by atoms with E-state index in [4.69, 9.17) is 28.2 Å². The number of nitrogens with one attached hydrogen (secondary N) is 1. The number of pyridine rings is 1.